The molecule has 0 unspecified atom stereocenters. The number of nitrogens with zero attached hydrogens (tertiary/aromatic N) is 1. The summed E-state index contributed by atoms with van der Waals surface area (Å²) >= 11 is 1.75. The van der Waals surface area contributed by atoms with Gasteiger partial charge in [-0.25, -0.2) is 9.37 Å². The van der Waals surface area contributed by atoms with Gasteiger partial charge in [-0.05, 0) is 49.9 Å². The van der Waals surface area contributed by atoms with Crippen molar-refractivity contribution >= 4 is 11.3 Å². The maximum Gasteiger partial charge on any atom is 0.124 e. The van der Waals surface area contributed by atoms with Crippen LogP contribution in [0.15, 0.2) is 18.2 Å². The second kappa shape index (κ2) is 6.24. The molecule has 0 amide bonds. The minimum atomic E-state index is -0.183. The van der Waals surface area contributed by atoms with Gasteiger partial charge in [0.15, 0.2) is 0 Å². The summed E-state index contributed by atoms with van der Waals surface area (Å²) in [5, 5.41) is 4.59. The van der Waals surface area contributed by atoms with Crippen molar-refractivity contribution < 1.29 is 4.39 Å². The van der Waals surface area contributed by atoms with Crippen LogP contribution >= 0.6 is 11.3 Å². The van der Waals surface area contributed by atoms with E-state index >= 15 is 0 Å². The third-order valence-electron chi connectivity index (χ3n) is 3.81. The Hall–Kier alpha value is -1.26. The maximum absolute atomic E-state index is 13.3. The largest absolute Gasteiger partial charge is 0.309 e. The van der Waals surface area contributed by atoms with Crippen molar-refractivity contribution in [3.05, 3.63) is 40.2 Å². The molecule has 4 heteroatoms. The van der Waals surface area contributed by atoms with Gasteiger partial charge in [-0.2, -0.15) is 0 Å². The zero-order valence-electron chi connectivity index (χ0n) is 12.6. The molecular weight excluding hydrogens is 283 g/mol. The molecule has 3 rings (SSSR count). The van der Waals surface area contributed by atoms with Gasteiger partial charge in [0.05, 0.1) is 5.69 Å². The molecule has 1 aromatic carbocycles. The first-order valence-electron chi connectivity index (χ1n) is 7.66. The summed E-state index contributed by atoms with van der Waals surface area (Å²) in [6, 6.07) is 5.65. The van der Waals surface area contributed by atoms with Gasteiger partial charge in [0.1, 0.15) is 10.8 Å². The van der Waals surface area contributed by atoms with Crippen molar-refractivity contribution in [3.63, 3.8) is 0 Å². The number of aromatic nitrogens is 1. The average molecular weight is 304 g/mol. The second-order valence-corrected chi connectivity index (χ2v) is 6.84. The molecule has 21 heavy (non-hydrogen) atoms. The first-order valence-corrected chi connectivity index (χ1v) is 8.47. The number of benzene rings is 1. The topological polar surface area (TPSA) is 24.9 Å². The Morgan fingerprint density at radius 3 is 2.86 bits per heavy atom. The van der Waals surface area contributed by atoms with E-state index in [1.165, 1.54) is 29.5 Å². The van der Waals surface area contributed by atoms with E-state index in [2.05, 4.69) is 12.2 Å². The monoisotopic (exact) mass is 304 g/mol. The summed E-state index contributed by atoms with van der Waals surface area (Å²) in [6.45, 7) is 5.04. The number of hydrogen-bond acceptors (Lipinski definition) is 3. The van der Waals surface area contributed by atoms with E-state index in [0.717, 1.165) is 35.5 Å². The molecule has 1 N–H and O–H groups in total. The van der Waals surface area contributed by atoms with Crippen LogP contribution in [0.5, 0.6) is 0 Å². The molecule has 1 fully saturated rings. The molecule has 0 radical (unpaired) electrons. The van der Waals surface area contributed by atoms with Crippen LogP contribution in [0.2, 0.25) is 0 Å². The average Bonchev–Trinajstić information content (AvgIpc) is 3.19. The lowest BCUT2D eigenvalue weighted by molar-refractivity contribution is 0.627. The molecule has 1 aromatic heterocycles. The van der Waals surface area contributed by atoms with E-state index in [1.54, 1.807) is 17.4 Å². The summed E-state index contributed by atoms with van der Waals surface area (Å²) in [7, 11) is 0. The van der Waals surface area contributed by atoms with Crippen LogP contribution in [0.4, 0.5) is 4.39 Å². The molecule has 0 aliphatic heterocycles. The van der Waals surface area contributed by atoms with Crippen LogP contribution in [-0.4, -0.2) is 11.0 Å². The predicted molar refractivity (Wildman–Crippen MR) is 86.1 cm³/mol. The zero-order chi connectivity index (χ0) is 14.8. The highest BCUT2D eigenvalue weighted by atomic mass is 32.1. The lowest BCUT2D eigenvalue weighted by Crippen LogP contribution is -2.15. The Kier molecular flexibility index (Phi) is 4.36. The lowest BCUT2D eigenvalue weighted by atomic mass is 10.1. The Labute approximate surface area is 129 Å². The molecular formula is C17H21FN2S. The highest BCUT2D eigenvalue weighted by Gasteiger charge is 2.21. The van der Waals surface area contributed by atoms with Crippen molar-refractivity contribution in [2.24, 2.45) is 0 Å². The van der Waals surface area contributed by atoms with Crippen molar-refractivity contribution in [3.8, 4) is 10.6 Å². The third kappa shape index (κ3) is 3.50. The van der Waals surface area contributed by atoms with E-state index in [9.17, 15) is 4.39 Å². The first-order chi connectivity index (χ1) is 10.2. The molecule has 0 bridgehead atoms. The number of hydrogen-bond donors (Lipinski definition) is 1. The van der Waals surface area contributed by atoms with Crippen LogP contribution in [0.25, 0.3) is 10.6 Å². The van der Waals surface area contributed by atoms with Gasteiger partial charge < -0.3 is 5.32 Å². The minimum Gasteiger partial charge on any atom is -0.309 e. The highest BCUT2D eigenvalue weighted by molar-refractivity contribution is 7.15. The molecule has 1 saturated carbocycles. The Balaban J connectivity index is 1.88. The number of thiazole rings is 1. The standard InChI is InChI=1S/C17H21FN2S/c1-3-4-15-16(10-19-13-6-7-13)21-17(20-15)14-8-5-12(18)9-11(14)2/h5,8-9,13,19H,3-4,6-7,10H2,1-2H3. The fraction of sp³-hybridized carbons (Fsp3) is 0.471. The van der Waals surface area contributed by atoms with Crippen LogP contribution in [0, 0.1) is 12.7 Å². The molecule has 0 spiro atoms. The van der Waals surface area contributed by atoms with Gasteiger partial charge in [0.25, 0.3) is 0 Å². The summed E-state index contributed by atoms with van der Waals surface area (Å²) in [5.74, 6) is -0.183. The van der Waals surface area contributed by atoms with Gasteiger partial charge in [-0.1, -0.05) is 13.3 Å². The van der Waals surface area contributed by atoms with E-state index in [-0.39, 0.29) is 5.82 Å². The Morgan fingerprint density at radius 1 is 1.38 bits per heavy atom. The third-order valence-corrected chi connectivity index (χ3v) is 4.94. The predicted octanol–water partition coefficient (Wildman–Crippen LogP) is 4.46. The zero-order valence-corrected chi connectivity index (χ0v) is 13.4. The molecule has 0 saturated heterocycles. The molecule has 2 aromatic rings. The van der Waals surface area contributed by atoms with Crippen molar-refractivity contribution in [1.29, 1.82) is 0 Å². The molecule has 1 aliphatic rings. The fourth-order valence-corrected chi connectivity index (χ4v) is 3.61. The van der Waals surface area contributed by atoms with Crippen molar-refractivity contribution in [1.82, 2.24) is 10.3 Å². The summed E-state index contributed by atoms with van der Waals surface area (Å²) in [4.78, 5) is 6.15. The van der Waals surface area contributed by atoms with E-state index < -0.39 is 0 Å². The highest BCUT2D eigenvalue weighted by Crippen LogP contribution is 2.32. The number of rotatable bonds is 6. The van der Waals surface area contributed by atoms with Gasteiger partial charge in [0.2, 0.25) is 0 Å². The van der Waals surface area contributed by atoms with Crippen LogP contribution in [0.1, 0.15) is 42.3 Å². The quantitative estimate of drug-likeness (QED) is 0.852. The van der Waals surface area contributed by atoms with Crippen molar-refractivity contribution in [2.45, 2.75) is 52.1 Å². The van der Waals surface area contributed by atoms with Gasteiger partial charge in [-0.15, -0.1) is 11.3 Å². The van der Waals surface area contributed by atoms with Crippen molar-refractivity contribution in [2.75, 3.05) is 0 Å². The van der Waals surface area contributed by atoms with Gasteiger partial charge in [0, 0.05) is 23.0 Å². The van der Waals surface area contributed by atoms with Gasteiger partial charge >= 0.3 is 0 Å². The van der Waals surface area contributed by atoms with E-state index in [1.807, 2.05) is 13.0 Å². The summed E-state index contributed by atoms with van der Waals surface area (Å²) in [6.07, 6.45) is 4.71. The molecule has 112 valence electrons. The van der Waals surface area contributed by atoms with Gasteiger partial charge in [-0.3, -0.25) is 0 Å². The fourth-order valence-electron chi connectivity index (χ4n) is 2.46. The van der Waals surface area contributed by atoms with E-state index in [0.29, 0.717) is 6.04 Å². The van der Waals surface area contributed by atoms with Crippen LogP contribution in [-0.2, 0) is 13.0 Å². The number of nitrogens with one attached hydrogen (secondary N) is 1. The van der Waals surface area contributed by atoms with Crippen LogP contribution in [0.3, 0.4) is 0 Å². The SMILES string of the molecule is CCCc1nc(-c2ccc(F)cc2C)sc1CNC1CC1. The van der Waals surface area contributed by atoms with E-state index in [4.69, 9.17) is 4.98 Å². The molecule has 1 aliphatic carbocycles. The number of halogens is 1. The lowest BCUT2D eigenvalue weighted by Gasteiger charge is -2.02. The molecule has 0 atom stereocenters. The summed E-state index contributed by atoms with van der Waals surface area (Å²) in [5.41, 5.74) is 3.21. The Bertz CT molecular complexity index is 632. The minimum absolute atomic E-state index is 0.183. The first kappa shape index (κ1) is 14.7. The smallest absolute Gasteiger partial charge is 0.124 e. The number of aryl methyl sites for hydroxylation is 2. The molecule has 1 heterocycles. The normalized spacial score (nSPS) is 14.6. The maximum atomic E-state index is 13.3. The molecule has 2 nitrogen and oxygen atoms in total. The van der Waals surface area contributed by atoms with Crippen LogP contribution < -0.4 is 5.32 Å². The Morgan fingerprint density at radius 2 is 2.19 bits per heavy atom. The summed E-state index contributed by atoms with van der Waals surface area (Å²) < 4.78 is 13.3. The second-order valence-electron chi connectivity index (χ2n) is 5.75.